The molecule has 3 rings (SSSR count). The van der Waals surface area contributed by atoms with Gasteiger partial charge >= 0.3 is 0 Å². The molecule has 2 heterocycles. The fraction of sp³-hybridized carbons (Fsp3) is 0.0769. The van der Waals surface area contributed by atoms with Crippen molar-refractivity contribution >= 4 is 44.3 Å². The number of fused-ring (bicyclic) bond motifs is 1. The second-order valence-corrected chi connectivity index (χ2v) is 6.23. The summed E-state index contributed by atoms with van der Waals surface area (Å²) in [6.07, 6.45) is 4.07. The first-order valence-corrected chi connectivity index (χ1v) is 8.29. The molecule has 0 saturated carbocycles. The molecule has 0 aliphatic heterocycles. The molecule has 116 valence electrons. The molecular formula is C13H13ClN4O3S. The molecule has 2 aromatic heterocycles. The van der Waals surface area contributed by atoms with Gasteiger partial charge in [0.05, 0.1) is 11.6 Å². The van der Waals surface area contributed by atoms with Gasteiger partial charge in [-0.05, 0) is 24.3 Å². The molecule has 0 amide bonds. The lowest BCUT2D eigenvalue weighted by atomic mass is 10.3. The average molecular weight is 341 g/mol. The predicted octanol–water partition coefficient (Wildman–Crippen LogP) is 2.86. The van der Waals surface area contributed by atoms with Gasteiger partial charge in [0, 0.05) is 16.9 Å². The second kappa shape index (κ2) is 6.73. The van der Waals surface area contributed by atoms with E-state index in [1.54, 1.807) is 0 Å². The van der Waals surface area contributed by atoms with E-state index in [-0.39, 0.29) is 0 Å². The molecule has 3 N–H and O–H groups in total. The normalized spacial score (nSPS) is 10.9. The monoisotopic (exact) mass is 340 g/mol. The van der Waals surface area contributed by atoms with Crippen molar-refractivity contribution in [2.45, 2.75) is 0 Å². The van der Waals surface area contributed by atoms with E-state index in [0.29, 0.717) is 11.3 Å². The Bertz CT molecular complexity index is 872. The van der Waals surface area contributed by atoms with E-state index in [0.717, 1.165) is 22.5 Å². The summed E-state index contributed by atoms with van der Waals surface area (Å²) in [5, 5.41) is 4.86. The van der Waals surface area contributed by atoms with Crippen molar-refractivity contribution in [1.82, 2.24) is 15.0 Å². The quantitative estimate of drug-likeness (QED) is 0.619. The fourth-order valence-electron chi connectivity index (χ4n) is 1.67. The molecule has 0 atom stereocenters. The van der Waals surface area contributed by atoms with Crippen molar-refractivity contribution < 1.29 is 13.0 Å². The van der Waals surface area contributed by atoms with E-state index >= 15 is 0 Å². The molecule has 1 aromatic carbocycles. The van der Waals surface area contributed by atoms with Crippen LogP contribution in [-0.4, -0.2) is 34.2 Å². The summed E-state index contributed by atoms with van der Waals surface area (Å²) in [6, 6.07) is 9.44. The number of hydrogen-bond acceptors (Lipinski definition) is 5. The van der Waals surface area contributed by atoms with Gasteiger partial charge in [-0.3, -0.25) is 4.55 Å². The van der Waals surface area contributed by atoms with Gasteiger partial charge in [0.15, 0.2) is 0 Å². The largest absolute Gasteiger partial charge is 0.346 e. The first kappa shape index (κ1) is 16.2. The Morgan fingerprint density at radius 2 is 2.00 bits per heavy atom. The molecule has 0 aliphatic carbocycles. The Balaban J connectivity index is 0.000000309. The van der Waals surface area contributed by atoms with Crippen molar-refractivity contribution in [2.75, 3.05) is 11.6 Å². The number of nitrogens with zero attached hydrogens (tertiary/aromatic N) is 2. The number of aromatic nitrogens is 3. The molecule has 0 bridgehead atoms. The summed E-state index contributed by atoms with van der Waals surface area (Å²) < 4.78 is 25.9. The highest BCUT2D eigenvalue weighted by Crippen LogP contribution is 2.23. The highest BCUT2D eigenvalue weighted by atomic mass is 35.5. The van der Waals surface area contributed by atoms with Crippen molar-refractivity contribution in [3.05, 3.63) is 47.9 Å². The van der Waals surface area contributed by atoms with Gasteiger partial charge in [-0.25, -0.2) is 9.97 Å². The Morgan fingerprint density at radius 3 is 2.68 bits per heavy atom. The molecule has 22 heavy (non-hydrogen) atoms. The Morgan fingerprint density at radius 1 is 1.27 bits per heavy atom. The summed E-state index contributed by atoms with van der Waals surface area (Å²) >= 11 is 5.93. The van der Waals surface area contributed by atoms with Gasteiger partial charge in [-0.15, -0.1) is 0 Å². The SMILES string of the molecule is CS(=O)(=O)O.Clc1cccc(Nc2ncnc3[nH]ccc23)c1. The molecule has 0 spiro atoms. The lowest BCUT2D eigenvalue weighted by Crippen LogP contribution is -1.94. The molecule has 0 unspecified atom stereocenters. The maximum atomic E-state index is 9.19. The highest BCUT2D eigenvalue weighted by Gasteiger charge is 2.04. The number of nitrogens with one attached hydrogen (secondary N) is 2. The minimum atomic E-state index is -3.67. The maximum Gasteiger partial charge on any atom is 0.261 e. The zero-order valence-electron chi connectivity index (χ0n) is 11.5. The summed E-state index contributed by atoms with van der Waals surface area (Å²) in [5.74, 6) is 0.763. The Labute approximate surface area is 132 Å². The van der Waals surface area contributed by atoms with E-state index in [9.17, 15) is 8.42 Å². The highest BCUT2D eigenvalue weighted by molar-refractivity contribution is 7.85. The molecular weight excluding hydrogens is 328 g/mol. The van der Waals surface area contributed by atoms with E-state index in [2.05, 4.69) is 20.3 Å². The first-order chi connectivity index (χ1) is 10.3. The third kappa shape index (κ3) is 4.99. The summed E-state index contributed by atoms with van der Waals surface area (Å²) in [4.78, 5) is 11.4. The topological polar surface area (TPSA) is 108 Å². The van der Waals surface area contributed by atoms with Crippen molar-refractivity contribution in [3.8, 4) is 0 Å². The van der Waals surface area contributed by atoms with Crippen molar-refractivity contribution in [3.63, 3.8) is 0 Å². The zero-order valence-corrected chi connectivity index (χ0v) is 13.1. The summed E-state index contributed by atoms with van der Waals surface area (Å²) in [6.45, 7) is 0. The van der Waals surface area contributed by atoms with Gasteiger partial charge in [-0.2, -0.15) is 8.42 Å². The first-order valence-electron chi connectivity index (χ1n) is 6.06. The van der Waals surface area contributed by atoms with Crippen LogP contribution in [0.2, 0.25) is 5.02 Å². The number of rotatable bonds is 2. The lowest BCUT2D eigenvalue weighted by Gasteiger charge is -2.06. The third-order valence-corrected chi connectivity index (χ3v) is 2.68. The van der Waals surface area contributed by atoms with Gasteiger partial charge in [-0.1, -0.05) is 17.7 Å². The minimum absolute atomic E-state index is 0.689. The van der Waals surface area contributed by atoms with Crippen LogP contribution in [0, 0.1) is 0 Å². The number of hydrogen-bond donors (Lipinski definition) is 3. The van der Waals surface area contributed by atoms with Crippen LogP contribution in [0.25, 0.3) is 11.0 Å². The molecule has 0 fully saturated rings. The van der Waals surface area contributed by atoms with Crippen LogP contribution in [0.5, 0.6) is 0 Å². The molecule has 0 aliphatic rings. The summed E-state index contributed by atoms with van der Waals surface area (Å²) in [7, 11) is -3.67. The predicted molar refractivity (Wildman–Crippen MR) is 86.1 cm³/mol. The average Bonchev–Trinajstić information content (AvgIpc) is 2.86. The van der Waals surface area contributed by atoms with E-state index < -0.39 is 10.1 Å². The third-order valence-electron chi connectivity index (χ3n) is 2.44. The Hall–Kier alpha value is -2.16. The van der Waals surface area contributed by atoms with Gasteiger partial charge < -0.3 is 10.3 Å². The van der Waals surface area contributed by atoms with Crippen molar-refractivity contribution in [1.29, 1.82) is 0 Å². The zero-order chi connectivity index (χ0) is 16.2. The van der Waals surface area contributed by atoms with Crippen LogP contribution in [0.3, 0.4) is 0 Å². The number of aromatic amines is 1. The Kier molecular flexibility index (Phi) is 4.96. The van der Waals surface area contributed by atoms with Crippen LogP contribution in [-0.2, 0) is 10.1 Å². The van der Waals surface area contributed by atoms with Crippen LogP contribution in [0.4, 0.5) is 11.5 Å². The minimum Gasteiger partial charge on any atom is -0.346 e. The van der Waals surface area contributed by atoms with Gasteiger partial charge in [0.1, 0.15) is 17.8 Å². The molecule has 0 radical (unpaired) electrons. The maximum absolute atomic E-state index is 9.19. The van der Waals surface area contributed by atoms with Gasteiger partial charge in [0.25, 0.3) is 10.1 Å². The molecule has 3 aromatic rings. The van der Waals surface area contributed by atoms with Crippen LogP contribution in [0.1, 0.15) is 0 Å². The van der Waals surface area contributed by atoms with Crippen LogP contribution >= 0.6 is 11.6 Å². The molecule has 0 saturated heterocycles. The lowest BCUT2D eigenvalue weighted by molar-refractivity contribution is 0.490. The molecule has 9 heteroatoms. The number of benzene rings is 1. The summed E-state index contributed by atoms with van der Waals surface area (Å²) in [5.41, 5.74) is 1.71. The van der Waals surface area contributed by atoms with Crippen molar-refractivity contribution in [2.24, 2.45) is 0 Å². The van der Waals surface area contributed by atoms with Crippen LogP contribution in [0.15, 0.2) is 42.9 Å². The standard InChI is InChI=1S/C12H9ClN4.CH4O3S/c13-8-2-1-3-9(6-8)17-12-10-4-5-14-11(10)15-7-16-12;1-5(2,3)4/h1-7H,(H2,14,15,16,17);1H3,(H,2,3,4). The number of anilines is 2. The van der Waals surface area contributed by atoms with E-state index in [1.165, 1.54) is 6.33 Å². The van der Waals surface area contributed by atoms with E-state index in [4.69, 9.17) is 16.2 Å². The van der Waals surface area contributed by atoms with Crippen LogP contribution < -0.4 is 5.32 Å². The smallest absolute Gasteiger partial charge is 0.261 e. The second-order valence-electron chi connectivity index (χ2n) is 4.33. The number of H-pyrrole nitrogens is 1. The fourth-order valence-corrected chi connectivity index (χ4v) is 1.87. The molecule has 7 nitrogen and oxygen atoms in total. The van der Waals surface area contributed by atoms with E-state index in [1.807, 2.05) is 36.5 Å². The van der Waals surface area contributed by atoms with Gasteiger partial charge in [0.2, 0.25) is 0 Å². The number of halogens is 1.